The van der Waals surface area contributed by atoms with Gasteiger partial charge in [0.15, 0.2) is 0 Å². The lowest BCUT2D eigenvalue weighted by Crippen LogP contribution is -2.49. The number of ketones is 1. The number of amides is 2. The summed E-state index contributed by atoms with van der Waals surface area (Å²) in [5.74, 6) is -0.423. The van der Waals surface area contributed by atoms with E-state index in [1.165, 1.54) is 4.90 Å². The fraction of sp³-hybridized carbons (Fsp3) is 0.812. The summed E-state index contributed by atoms with van der Waals surface area (Å²) in [6, 6.07) is -0.711. The number of nitrogens with one attached hydrogen (secondary N) is 1. The van der Waals surface area contributed by atoms with Crippen LogP contribution in [-0.4, -0.2) is 67.7 Å². The first-order chi connectivity index (χ1) is 10.3. The Balaban J connectivity index is -0.00000128. The van der Waals surface area contributed by atoms with Crippen LogP contribution in [-0.2, 0) is 14.4 Å². The fourth-order valence-corrected chi connectivity index (χ4v) is 1.71. The third-order valence-electron chi connectivity index (χ3n) is 3.14. The molecule has 22 heavy (non-hydrogen) atoms. The van der Waals surface area contributed by atoms with E-state index in [-0.39, 0.29) is 25.4 Å². The normalized spacial score (nSPS) is 11.3. The largest absolute Gasteiger partial charge is 0.353 e. The molecule has 0 aromatic carbocycles. The summed E-state index contributed by atoms with van der Waals surface area (Å²) in [7, 11) is 5.40. The van der Waals surface area contributed by atoms with Gasteiger partial charge in [0.25, 0.3) is 0 Å². The quantitative estimate of drug-likeness (QED) is 0.700. The van der Waals surface area contributed by atoms with E-state index in [1.807, 2.05) is 32.8 Å². The van der Waals surface area contributed by atoms with Gasteiger partial charge in [0.2, 0.25) is 11.8 Å². The van der Waals surface area contributed by atoms with Gasteiger partial charge >= 0.3 is 0 Å². The zero-order valence-corrected chi connectivity index (χ0v) is 15.2. The number of carbonyl (C=O) groups is 3. The third-order valence-corrected chi connectivity index (χ3v) is 3.14. The number of rotatable bonds is 9. The SMILES string of the molecule is CC.CCC(=O)CC(C(=O)NCCN(C)C)N(C)C(=O)CC.[HH]. The molecule has 0 radical (unpaired) electrons. The van der Waals surface area contributed by atoms with Gasteiger partial charge in [-0.15, -0.1) is 0 Å². The lowest BCUT2D eigenvalue weighted by Gasteiger charge is -2.27. The molecule has 1 N–H and O–H groups in total. The highest BCUT2D eigenvalue weighted by atomic mass is 16.2. The van der Waals surface area contributed by atoms with Crippen LogP contribution >= 0.6 is 0 Å². The van der Waals surface area contributed by atoms with Gasteiger partial charge in [0, 0.05) is 40.8 Å². The van der Waals surface area contributed by atoms with E-state index in [0.29, 0.717) is 25.9 Å². The highest BCUT2D eigenvalue weighted by Crippen LogP contribution is 2.07. The van der Waals surface area contributed by atoms with Crippen LogP contribution in [0.1, 0.15) is 48.4 Å². The molecule has 6 heteroatoms. The second-order valence-electron chi connectivity index (χ2n) is 5.06. The van der Waals surface area contributed by atoms with Crippen molar-refractivity contribution in [2.45, 2.75) is 53.0 Å². The van der Waals surface area contributed by atoms with Gasteiger partial charge in [0.05, 0.1) is 0 Å². The van der Waals surface area contributed by atoms with Gasteiger partial charge in [-0.1, -0.05) is 27.7 Å². The smallest absolute Gasteiger partial charge is 0.243 e. The van der Waals surface area contributed by atoms with Crippen molar-refractivity contribution in [2.75, 3.05) is 34.2 Å². The van der Waals surface area contributed by atoms with Gasteiger partial charge in [-0.3, -0.25) is 14.4 Å². The molecular weight excluding hydrogens is 282 g/mol. The Labute approximate surface area is 136 Å². The van der Waals surface area contributed by atoms with E-state index in [2.05, 4.69) is 5.32 Å². The van der Waals surface area contributed by atoms with Gasteiger partial charge in [-0.05, 0) is 14.1 Å². The van der Waals surface area contributed by atoms with E-state index in [4.69, 9.17) is 0 Å². The van der Waals surface area contributed by atoms with E-state index in [1.54, 1.807) is 20.9 Å². The predicted octanol–water partition coefficient (Wildman–Crippen LogP) is 1.54. The standard InChI is InChI=1S/C14H27N3O3.C2H6.H2/c1-6-11(18)10-12(17(5)13(19)7-2)14(20)15-8-9-16(3)4;1-2;/h12H,6-10H2,1-5H3,(H,15,20);1-2H3;1H. The number of likely N-dealkylation sites (N-methyl/N-ethyl adjacent to an activating group) is 2. The van der Waals surface area contributed by atoms with Crippen LogP contribution in [0.5, 0.6) is 0 Å². The summed E-state index contributed by atoms with van der Waals surface area (Å²) in [6.45, 7) is 8.70. The number of hydrogen-bond acceptors (Lipinski definition) is 4. The molecule has 0 heterocycles. The van der Waals surface area contributed by atoms with E-state index < -0.39 is 6.04 Å². The summed E-state index contributed by atoms with van der Waals surface area (Å²) in [5, 5.41) is 2.78. The molecule has 0 bridgehead atoms. The van der Waals surface area contributed by atoms with Gasteiger partial charge in [-0.2, -0.15) is 0 Å². The molecular formula is C16H35N3O3. The Bertz CT molecular complexity index is 349. The summed E-state index contributed by atoms with van der Waals surface area (Å²) in [4.78, 5) is 38.8. The molecule has 0 aliphatic carbocycles. The van der Waals surface area contributed by atoms with Gasteiger partial charge in [0.1, 0.15) is 11.8 Å². The molecule has 0 aliphatic rings. The molecule has 0 rings (SSSR count). The molecule has 1 atom stereocenters. The maximum Gasteiger partial charge on any atom is 0.243 e. The molecule has 0 saturated carbocycles. The van der Waals surface area contributed by atoms with Crippen LogP contribution in [0.15, 0.2) is 0 Å². The summed E-state index contributed by atoms with van der Waals surface area (Å²) >= 11 is 0. The Morgan fingerprint density at radius 2 is 1.59 bits per heavy atom. The topological polar surface area (TPSA) is 69.7 Å². The van der Waals surface area contributed by atoms with Crippen molar-refractivity contribution in [1.82, 2.24) is 15.1 Å². The molecule has 0 aromatic heterocycles. The summed E-state index contributed by atoms with van der Waals surface area (Å²) in [5.41, 5.74) is 0. The average molecular weight is 317 g/mol. The Morgan fingerprint density at radius 3 is 2.00 bits per heavy atom. The first-order valence-corrected chi connectivity index (χ1v) is 8.03. The molecule has 1 unspecified atom stereocenters. The monoisotopic (exact) mass is 317 g/mol. The van der Waals surface area contributed by atoms with Crippen molar-refractivity contribution in [3.63, 3.8) is 0 Å². The Hall–Kier alpha value is -1.43. The molecule has 132 valence electrons. The van der Waals surface area contributed by atoms with E-state index in [0.717, 1.165) is 0 Å². The van der Waals surface area contributed by atoms with Crippen molar-refractivity contribution in [3.05, 3.63) is 0 Å². The van der Waals surface area contributed by atoms with Crippen LogP contribution in [0.2, 0.25) is 0 Å². The number of nitrogens with zero attached hydrogens (tertiary/aromatic N) is 2. The van der Waals surface area contributed by atoms with Crippen LogP contribution in [0, 0.1) is 0 Å². The minimum atomic E-state index is -0.711. The van der Waals surface area contributed by atoms with Crippen LogP contribution in [0.3, 0.4) is 0 Å². The Morgan fingerprint density at radius 1 is 1.05 bits per heavy atom. The molecule has 0 aliphatic heterocycles. The lowest BCUT2D eigenvalue weighted by atomic mass is 10.1. The summed E-state index contributed by atoms with van der Waals surface area (Å²) < 4.78 is 0. The van der Waals surface area contributed by atoms with Crippen LogP contribution < -0.4 is 5.32 Å². The average Bonchev–Trinajstić information content (AvgIpc) is 2.52. The zero-order chi connectivity index (χ0) is 17.7. The van der Waals surface area contributed by atoms with Crippen molar-refractivity contribution in [1.29, 1.82) is 0 Å². The first-order valence-electron chi connectivity index (χ1n) is 8.03. The second-order valence-corrected chi connectivity index (χ2v) is 5.06. The van der Waals surface area contributed by atoms with Gasteiger partial charge < -0.3 is 15.1 Å². The maximum atomic E-state index is 12.2. The highest BCUT2D eigenvalue weighted by molar-refractivity contribution is 5.92. The van der Waals surface area contributed by atoms with Crippen LogP contribution in [0.25, 0.3) is 0 Å². The minimum absolute atomic E-state index is 0. The first kappa shape index (κ1) is 22.8. The predicted molar refractivity (Wildman–Crippen MR) is 91.8 cm³/mol. The summed E-state index contributed by atoms with van der Waals surface area (Å²) in [6.07, 6.45) is 0.764. The molecule has 0 spiro atoms. The number of Topliss-reactive ketones (excluding diaryl/α,β-unsaturated/α-hetero) is 1. The minimum Gasteiger partial charge on any atom is -0.353 e. The van der Waals surface area contributed by atoms with Crippen molar-refractivity contribution < 1.29 is 15.8 Å². The molecule has 6 nitrogen and oxygen atoms in total. The molecule has 0 saturated heterocycles. The number of hydrogen-bond donors (Lipinski definition) is 1. The molecule has 0 fully saturated rings. The van der Waals surface area contributed by atoms with E-state index in [9.17, 15) is 14.4 Å². The Kier molecular flexibility index (Phi) is 13.8. The van der Waals surface area contributed by atoms with Crippen molar-refractivity contribution in [3.8, 4) is 0 Å². The highest BCUT2D eigenvalue weighted by Gasteiger charge is 2.27. The lowest BCUT2D eigenvalue weighted by molar-refractivity contribution is -0.140. The molecule has 0 aromatic rings. The number of carbonyl (C=O) groups excluding carboxylic acids is 3. The van der Waals surface area contributed by atoms with Crippen LogP contribution in [0.4, 0.5) is 0 Å². The second kappa shape index (κ2) is 13.2. The third kappa shape index (κ3) is 9.50. The van der Waals surface area contributed by atoms with Crippen molar-refractivity contribution >= 4 is 17.6 Å². The maximum absolute atomic E-state index is 12.2. The zero-order valence-electron chi connectivity index (χ0n) is 15.2. The van der Waals surface area contributed by atoms with Crippen molar-refractivity contribution in [2.24, 2.45) is 0 Å². The molecule has 2 amide bonds. The fourth-order valence-electron chi connectivity index (χ4n) is 1.71. The van der Waals surface area contributed by atoms with Gasteiger partial charge in [-0.25, -0.2) is 0 Å². The van der Waals surface area contributed by atoms with E-state index >= 15 is 0 Å².